The SMILES string of the molecule is CCCCCCCCCCOC(=O)Oc1ccc(-c2ccc(CCC)cc2F)cc1. The quantitative estimate of drug-likeness (QED) is 0.189. The Kier molecular flexibility index (Phi) is 11.0. The number of unbranched alkanes of at least 4 members (excludes halogenated alkanes) is 7. The van der Waals surface area contributed by atoms with E-state index in [2.05, 4.69) is 13.8 Å². The summed E-state index contributed by atoms with van der Waals surface area (Å²) in [5.74, 6) is 0.155. The average molecular weight is 415 g/mol. The van der Waals surface area contributed by atoms with Crippen LogP contribution in [0.3, 0.4) is 0 Å². The van der Waals surface area contributed by atoms with Gasteiger partial charge in [0.25, 0.3) is 0 Å². The van der Waals surface area contributed by atoms with Gasteiger partial charge in [-0.2, -0.15) is 0 Å². The third-order valence-electron chi connectivity index (χ3n) is 5.16. The number of aryl methyl sites for hydroxylation is 1. The molecule has 0 saturated heterocycles. The van der Waals surface area contributed by atoms with Crippen LogP contribution in [-0.4, -0.2) is 12.8 Å². The molecule has 0 spiro atoms. The van der Waals surface area contributed by atoms with Crippen LogP contribution in [0.25, 0.3) is 11.1 Å². The minimum Gasteiger partial charge on any atom is -0.434 e. The van der Waals surface area contributed by atoms with Gasteiger partial charge in [0.1, 0.15) is 11.6 Å². The van der Waals surface area contributed by atoms with Gasteiger partial charge in [-0.15, -0.1) is 0 Å². The molecule has 2 rings (SSSR count). The Hall–Kier alpha value is -2.36. The number of rotatable bonds is 13. The summed E-state index contributed by atoms with van der Waals surface area (Å²) >= 11 is 0. The molecular weight excluding hydrogens is 379 g/mol. The number of benzene rings is 2. The van der Waals surface area contributed by atoms with Gasteiger partial charge < -0.3 is 9.47 Å². The summed E-state index contributed by atoms with van der Waals surface area (Å²) in [6.45, 7) is 4.67. The van der Waals surface area contributed by atoms with E-state index in [0.717, 1.165) is 36.8 Å². The van der Waals surface area contributed by atoms with Crippen LogP contribution in [0.15, 0.2) is 42.5 Å². The molecule has 3 nitrogen and oxygen atoms in total. The number of carbonyl (C=O) groups is 1. The van der Waals surface area contributed by atoms with Gasteiger partial charge in [0.2, 0.25) is 0 Å². The Morgan fingerprint density at radius 3 is 2.13 bits per heavy atom. The fourth-order valence-electron chi connectivity index (χ4n) is 3.46. The van der Waals surface area contributed by atoms with E-state index < -0.39 is 6.16 Å². The van der Waals surface area contributed by atoms with E-state index in [4.69, 9.17) is 9.47 Å². The molecule has 0 amide bonds. The molecule has 0 N–H and O–H groups in total. The summed E-state index contributed by atoms with van der Waals surface area (Å²) in [5, 5.41) is 0. The minimum atomic E-state index is -0.694. The third kappa shape index (κ3) is 8.56. The Morgan fingerprint density at radius 1 is 0.833 bits per heavy atom. The molecule has 0 atom stereocenters. The van der Waals surface area contributed by atoms with Crippen molar-refractivity contribution in [1.29, 1.82) is 0 Å². The summed E-state index contributed by atoms with van der Waals surface area (Å²) in [6.07, 6.45) is 10.7. The van der Waals surface area contributed by atoms with E-state index >= 15 is 0 Å². The molecule has 0 unspecified atom stereocenters. The van der Waals surface area contributed by atoms with E-state index in [9.17, 15) is 9.18 Å². The predicted molar refractivity (Wildman–Crippen MR) is 120 cm³/mol. The zero-order chi connectivity index (χ0) is 21.6. The normalized spacial score (nSPS) is 10.8. The van der Waals surface area contributed by atoms with Crippen molar-refractivity contribution in [3.63, 3.8) is 0 Å². The Bertz CT molecular complexity index is 755. The first kappa shape index (κ1) is 23.9. The van der Waals surface area contributed by atoms with Crippen molar-refractivity contribution in [1.82, 2.24) is 0 Å². The fraction of sp³-hybridized carbons (Fsp3) is 0.500. The van der Waals surface area contributed by atoms with Crippen LogP contribution < -0.4 is 4.74 Å². The molecule has 0 aliphatic carbocycles. The second-order valence-electron chi connectivity index (χ2n) is 7.76. The van der Waals surface area contributed by atoms with Crippen LogP contribution in [0.5, 0.6) is 5.75 Å². The highest BCUT2D eigenvalue weighted by atomic mass is 19.1. The van der Waals surface area contributed by atoms with Gasteiger partial charge in [0.05, 0.1) is 6.61 Å². The Balaban J connectivity index is 1.71. The van der Waals surface area contributed by atoms with Crippen LogP contribution in [0.2, 0.25) is 0 Å². The maximum absolute atomic E-state index is 14.4. The molecule has 4 heteroatoms. The van der Waals surface area contributed by atoms with E-state index in [1.165, 1.54) is 38.5 Å². The number of halogens is 1. The van der Waals surface area contributed by atoms with Gasteiger partial charge in [0, 0.05) is 5.56 Å². The summed E-state index contributed by atoms with van der Waals surface area (Å²) in [4.78, 5) is 11.8. The molecule has 0 bridgehead atoms. The van der Waals surface area contributed by atoms with Crippen molar-refractivity contribution in [2.24, 2.45) is 0 Å². The first-order valence-corrected chi connectivity index (χ1v) is 11.4. The van der Waals surface area contributed by atoms with Gasteiger partial charge in [-0.25, -0.2) is 9.18 Å². The second kappa shape index (κ2) is 13.8. The number of ether oxygens (including phenoxy) is 2. The topological polar surface area (TPSA) is 35.5 Å². The Labute approximate surface area is 180 Å². The number of hydrogen-bond donors (Lipinski definition) is 0. The lowest BCUT2D eigenvalue weighted by molar-refractivity contribution is 0.0973. The van der Waals surface area contributed by atoms with Crippen LogP contribution in [0.1, 0.15) is 77.2 Å². The molecular formula is C26H35FO3. The molecule has 0 fully saturated rings. The number of hydrogen-bond acceptors (Lipinski definition) is 3. The van der Waals surface area contributed by atoms with Gasteiger partial charge in [-0.05, 0) is 42.2 Å². The van der Waals surface area contributed by atoms with Crippen LogP contribution in [0.4, 0.5) is 9.18 Å². The molecule has 2 aromatic carbocycles. The maximum atomic E-state index is 14.4. The van der Waals surface area contributed by atoms with Crippen LogP contribution in [0, 0.1) is 5.82 Å². The smallest absolute Gasteiger partial charge is 0.434 e. The lowest BCUT2D eigenvalue weighted by atomic mass is 10.0. The molecule has 0 saturated carbocycles. The van der Waals surface area contributed by atoms with Crippen molar-refractivity contribution in [3.05, 3.63) is 53.8 Å². The van der Waals surface area contributed by atoms with E-state index in [0.29, 0.717) is 17.9 Å². The van der Waals surface area contributed by atoms with Gasteiger partial charge in [-0.1, -0.05) is 89.5 Å². The minimum absolute atomic E-state index is 0.237. The summed E-state index contributed by atoms with van der Waals surface area (Å²) in [5.41, 5.74) is 2.28. The molecule has 164 valence electrons. The zero-order valence-electron chi connectivity index (χ0n) is 18.4. The van der Waals surface area contributed by atoms with Crippen molar-refractivity contribution in [3.8, 4) is 16.9 Å². The number of carbonyl (C=O) groups excluding carboxylic acids is 1. The average Bonchev–Trinajstić information content (AvgIpc) is 2.74. The van der Waals surface area contributed by atoms with Gasteiger partial charge in [-0.3, -0.25) is 0 Å². The van der Waals surface area contributed by atoms with Crippen molar-refractivity contribution < 1.29 is 18.7 Å². The highest BCUT2D eigenvalue weighted by Crippen LogP contribution is 2.26. The lowest BCUT2D eigenvalue weighted by Gasteiger charge is -2.08. The lowest BCUT2D eigenvalue weighted by Crippen LogP contribution is -2.11. The molecule has 30 heavy (non-hydrogen) atoms. The van der Waals surface area contributed by atoms with E-state index in [-0.39, 0.29) is 5.82 Å². The van der Waals surface area contributed by atoms with Gasteiger partial charge >= 0.3 is 6.16 Å². The third-order valence-corrected chi connectivity index (χ3v) is 5.16. The van der Waals surface area contributed by atoms with E-state index in [1.807, 2.05) is 6.07 Å². The molecule has 0 heterocycles. The second-order valence-corrected chi connectivity index (χ2v) is 7.76. The molecule has 0 aliphatic rings. The molecule has 0 aromatic heterocycles. The fourth-order valence-corrected chi connectivity index (χ4v) is 3.46. The van der Waals surface area contributed by atoms with Crippen molar-refractivity contribution >= 4 is 6.16 Å². The first-order valence-electron chi connectivity index (χ1n) is 11.4. The van der Waals surface area contributed by atoms with Crippen LogP contribution in [-0.2, 0) is 11.2 Å². The highest BCUT2D eigenvalue weighted by Gasteiger charge is 2.09. The summed E-state index contributed by atoms with van der Waals surface area (Å²) < 4.78 is 24.7. The highest BCUT2D eigenvalue weighted by molar-refractivity contribution is 5.67. The summed E-state index contributed by atoms with van der Waals surface area (Å²) in [7, 11) is 0. The van der Waals surface area contributed by atoms with Gasteiger partial charge in [0.15, 0.2) is 0 Å². The predicted octanol–water partition coefficient (Wildman–Crippen LogP) is 8.10. The van der Waals surface area contributed by atoms with Crippen LogP contribution >= 0.6 is 0 Å². The van der Waals surface area contributed by atoms with Crippen molar-refractivity contribution in [2.75, 3.05) is 6.61 Å². The van der Waals surface area contributed by atoms with E-state index in [1.54, 1.807) is 36.4 Å². The largest absolute Gasteiger partial charge is 0.513 e. The zero-order valence-corrected chi connectivity index (χ0v) is 18.4. The standard InChI is InChI=1S/C26H35FO3/c1-3-5-6-7-8-9-10-11-19-29-26(28)30-23-16-14-22(15-17-23)24-18-13-21(12-4-2)20-25(24)27/h13-18,20H,3-12,19H2,1-2H3. The summed E-state index contributed by atoms with van der Waals surface area (Å²) in [6, 6.07) is 12.2. The molecule has 2 aromatic rings. The molecule has 0 aliphatic heterocycles. The first-order chi connectivity index (χ1) is 14.6. The van der Waals surface area contributed by atoms with Crippen molar-refractivity contribution in [2.45, 2.75) is 78.1 Å². The maximum Gasteiger partial charge on any atom is 0.513 e. The Morgan fingerprint density at radius 2 is 1.50 bits per heavy atom. The molecule has 0 radical (unpaired) electrons. The monoisotopic (exact) mass is 414 g/mol.